The molecule has 2 heterocycles. The van der Waals surface area contributed by atoms with Gasteiger partial charge in [-0.1, -0.05) is 18.2 Å². The summed E-state index contributed by atoms with van der Waals surface area (Å²) < 4.78 is 10.6. The molecule has 3 amide bonds. The van der Waals surface area contributed by atoms with Crippen LogP contribution in [-0.4, -0.2) is 36.0 Å². The zero-order valence-corrected chi connectivity index (χ0v) is 14.3. The van der Waals surface area contributed by atoms with Crippen LogP contribution in [0.3, 0.4) is 0 Å². The first kappa shape index (κ1) is 16.6. The van der Waals surface area contributed by atoms with Crippen molar-refractivity contribution in [1.82, 2.24) is 10.2 Å². The van der Waals surface area contributed by atoms with E-state index < -0.39 is 0 Å². The second-order valence-corrected chi connectivity index (χ2v) is 6.70. The van der Waals surface area contributed by atoms with E-state index in [1.54, 1.807) is 6.07 Å². The fourth-order valence-corrected chi connectivity index (χ4v) is 3.64. The Kier molecular flexibility index (Phi) is 4.36. The van der Waals surface area contributed by atoms with Gasteiger partial charge in [-0.05, 0) is 30.5 Å². The van der Waals surface area contributed by atoms with Crippen LogP contribution in [0.2, 0.25) is 0 Å². The molecule has 0 saturated carbocycles. The highest BCUT2D eigenvalue weighted by Gasteiger charge is 2.46. The third-order valence-electron chi connectivity index (χ3n) is 5.09. The van der Waals surface area contributed by atoms with Crippen molar-refractivity contribution in [3.05, 3.63) is 35.9 Å². The van der Waals surface area contributed by atoms with E-state index in [2.05, 4.69) is 5.32 Å². The largest absolute Gasteiger partial charge is 0.454 e. The lowest BCUT2D eigenvalue weighted by molar-refractivity contribution is -0.140. The van der Waals surface area contributed by atoms with Crippen LogP contribution >= 0.6 is 0 Å². The summed E-state index contributed by atoms with van der Waals surface area (Å²) in [4.78, 5) is 38.1. The molecule has 3 aliphatic rings. The molecule has 7 nitrogen and oxygen atoms in total. The highest BCUT2D eigenvalue weighted by molar-refractivity contribution is 6.05. The summed E-state index contributed by atoms with van der Waals surface area (Å²) in [5.41, 5.74) is 0.896. The van der Waals surface area contributed by atoms with E-state index in [9.17, 15) is 14.4 Å². The number of carbonyl (C=O) groups excluding carboxylic acids is 3. The molecule has 26 heavy (non-hydrogen) atoms. The molecule has 2 unspecified atom stereocenters. The molecule has 0 spiro atoms. The molecule has 1 fully saturated rings. The highest BCUT2D eigenvalue weighted by atomic mass is 16.7. The van der Waals surface area contributed by atoms with Crippen molar-refractivity contribution in [3.63, 3.8) is 0 Å². The average Bonchev–Trinajstić information content (AvgIpc) is 3.22. The van der Waals surface area contributed by atoms with Gasteiger partial charge in [0.2, 0.25) is 24.5 Å². The van der Waals surface area contributed by atoms with Gasteiger partial charge in [-0.3, -0.25) is 19.3 Å². The van der Waals surface area contributed by atoms with E-state index in [0.717, 1.165) is 5.56 Å². The van der Waals surface area contributed by atoms with Gasteiger partial charge in [-0.15, -0.1) is 0 Å². The molecule has 2 atom stereocenters. The zero-order valence-electron chi connectivity index (χ0n) is 14.3. The summed E-state index contributed by atoms with van der Waals surface area (Å²) in [6.07, 6.45) is 5.24. The van der Waals surface area contributed by atoms with E-state index in [1.165, 1.54) is 4.90 Å². The molecule has 2 aliphatic heterocycles. The number of hydrogen-bond acceptors (Lipinski definition) is 5. The predicted molar refractivity (Wildman–Crippen MR) is 91.1 cm³/mol. The Bertz CT molecular complexity index is 762. The summed E-state index contributed by atoms with van der Waals surface area (Å²) in [7, 11) is 0. The molecule has 136 valence electrons. The zero-order chi connectivity index (χ0) is 18.1. The SMILES string of the molecule is O=C(CCN1C(=O)C2CC=CCC2C1=O)NCc1ccc2c(c1)OCO2. The molecular weight excluding hydrogens is 336 g/mol. The van der Waals surface area contributed by atoms with Crippen LogP contribution in [0.1, 0.15) is 24.8 Å². The summed E-state index contributed by atoms with van der Waals surface area (Å²) in [5, 5.41) is 2.81. The van der Waals surface area contributed by atoms with Crippen molar-refractivity contribution >= 4 is 17.7 Å². The molecule has 0 radical (unpaired) electrons. The molecule has 0 bridgehead atoms. The first-order chi connectivity index (χ1) is 12.6. The van der Waals surface area contributed by atoms with Crippen LogP contribution in [0.4, 0.5) is 0 Å². The Labute approximate surface area is 150 Å². The highest BCUT2D eigenvalue weighted by Crippen LogP contribution is 2.35. The summed E-state index contributed by atoms with van der Waals surface area (Å²) in [6.45, 7) is 0.699. The Morgan fingerprint density at radius 1 is 1.08 bits per heavy atom. The molecular formula is C19H20N2O5. The number of carbonyl (C=O) groups is 3. The molecule has 4 rings (SSSR count). The van der Waals surface area contributed by atoms with E-state index in [-0.39, 0.29) is 49.3 Å². The van der Waals surface area contributed by atoms with Gasteiger partial charge in [0.05, 0.1) is 11.8 Å². The Morgan fingerprint density at radius 2 is 1.77 bits per heavy atom. The van der Waals surface area contributed by atoms with Crippen LogP contribution in [0.15, 0.2) is 30.4 Å². The smallest absolute Gasteiger partial charge is 0.233 e. The number of likely N-dealkylation sites (tertiary alicyclic amines) is 1. The summed E-state index contributed by atoms with van der Waals surface area (Å²) in [6, 6.07) is 5.49. The third kappa shape index (κ3) is 3.05. The van der Waals surface area contributed by atoms with Gasteiger partial charge in [-0.25, -0.2) is 0 Å². The number of rotatable bonds is 5. The fourth-order valence-electron chi connectivity index (χ4n) is 3.64. The van der Waals surface area contributed by atoms with Gasteiger partial charge in [0.1, 0.15) is 0 Å². The molecule has 1 aromatic carbocycles. The topological polar surface area (TPSA) is 84.9 Å². The lowest BCUT2D eigenvalue weighted by atomic mass is 9.85. The molecule has 1 N–H and O–H groups in total. The number of nitrogens with one attached hydrogen (secondary N) is 1. The van der Waals surface area contributed by atoms with E-state index in [4.69, 9.17) is 9.47 Å². The Balaban J connectivity index is 1.28. The second-order valence-electron chi connectivity index (χ2n) is 6.70. The van der Waals surface area contributed by atoms with E-state index in [1.807, 2.05) is 24.3 Å². The van der Waals surface area contributed by atoms with Crippen LogP contribution < -0.4 is 14.8 Å². The minimum Gasteiger partial charge on any atom is -0.454 e. The minimum absolute atomic E-state index is 0.106. The quantitative estimate of drug-likeness (QED) is 0.636. The van der Waals surface area contributed by atoms with Crippen molar-refractivity contribution in [2.45, 2.75) is 25.8 Å². The van der Waals surface area contributed by atoms with Crippen molar-refractivity contribution in [1.29, 1.82) is 0 Å². The molecule has 7 heteroatoms. The summed E-state index contributed by atoms with van der Waals surface area (Å²) >= 11 is 0. The normalized spacial score (nSPS) is 23.3. The fraction of sp³-hybridized carbons (Fsp3) is 0.421. The molecule has 1 aliphatic carbocycles. The number of amides is 3. The predicted octanol–water partition coefficient (Wildman–Crippen LogP) is 1.37. The number of hydrogen-bond donors (Lipinski definition) is 1. The van der Waals surface area contributed by atoms with Gasteiger partial charge in [0.25, 0.3) is 0 Å². The van der Waals surface area contributed by atoms with Crippen LogP contribution in [0, 0.1) is 11.8 Å². The van der Waals surface area contributed by atoms with E-state index >= 15 is 0 Å². The standard InChI is InChI=1S/C19H20N2O5/c22-17(20-10-12-5-6-15-16(9-12)26-11-25-15)7-8-21-18(23)13-3-1-2-4-14(13)19(21)24/h1-2,5-6,9,13-14H,3-4,7-8,10-11H2,(H,20,22). The third-order valence-corrected chi connectivity index (χ3v) is 5.09. The van der Waals surface area contributed by atoms with Crippen molar-refractivity contribution in [2.24, 2.45) is 11.8 Å². The lowest BCUT2D eigenvalue weighted by Crippen LogP contribution is -2.35. The first-order valence-corrected chi connectivity index (χ1v) is 8.79. The van der Waals surface area contributed by atoms with Crippen molar-refractivity contribution in [3.8, 4) is 11.5 Å². The van der Waals surface area contributed by atoms with Crippen LogP contribution in [0.5, 0.6) is 11.5 Å². The monoisotopic (exact) mass is 356 g/mol. The molecule has 0 aromatic heterocycles. The van der Waals surface area contributed by atoms with Gasteiger partial charge in [-0.2, -0.15) is 0 Å². The number of benzene rings is 1. The van der Waals surface area contributed by atoms with Crippen molar-refractivity contribution in [2.75, 3.05) is 13.3 Å². The first-order valence-electron chi connectivity index (χ1n) is 8.79. The van der Waals surface area contributed by atoms with Gasteiger partial charge in [0, 0.05) is 19.5 Å². The number of fused-ring (bicyclic) bond motifs is 2. The number of ether oxygens (including phenoxy) is 2. The second kappa shape index (κ2) is 6.82. The maximum absolute atomic E-state index is 12.4. The number of nitrogens with zero attached hydrogens (tertiary/aromatic N) is 1. The van der Waals surface area contributed by atoms with Gasteiger partial charge in [0.15, 0.2) is 11.5 Å². The van der Waals surface area contributed by atoms with Crippen LogP contribution in [-0.2, 0) is 20.9 Å². The minimum atomic E-state index is -0.246. The molecule has 1 aromatic rings. The maximum Gasteiger partial charge on any atom is 0.233 e. The van der Waals surface area contributed by atoms with Gasteiger partial charge < -0.3 is 14.8 Å². The summed E-state index contributed by atoms with van der Waals surface area (Å²) in [5.74, 6) is 0.383. The van der Waals surface area contributed by atoms with Crippen molar-refractivity contribution < 1.29 is 23.9 Å². The molecule has 1 saturated heterocycles. The maximum atomic E-state index is 12.4. The number of allylic oxidation sites excluding steroid dienone is 2. The number of imide groups is 1. The van der Waals surface area contributed by atoms with Crippen LogP contribution in [0.25, 0.3) is 0 Å². The lowest BCUT2D eigenvalue weighted by Gasteiger charge is -2.14. The van der Waals surface area contributed by atoms with Gasteiger partial charge >= 0.3 is 0 Å². The Morgan fingerprint density at radius 3 is 2.50 bits per heavy atom. The van der Waals surface area contributed by atoms with E-state index in [0.29, 0.717) is 30.9 Å². The average molecular weight is 356 g/mol. The Hall–Kier alpha value is -2.83.